The quantitative estimate of drug-likeness (QED) is 0.580. The lowest BCUT2D eigenvalue weighted by Gasteiger charge is -2.14. The molecular formula is C21H28N4O2. The maximum absolute atomic E-state index is 6.04. The Balaban J connectivity index is 1.58. The fourth-order valence-electron chi connectivity index (χ4n) is 3.21. The van der Waals surface area contributed by atoms with Gasteiger partial charge in [-0.3, -0.25) is 4.90 Å². The van der Waals surface area contributed by atoms with Crippen LogP contribution in [0.25, 0.3) is 0 Å². The van der Waals surface area contributed by atoms with Crippen molar-refractivity contribution in [3.63, 3.8) is 0 Å². The molecule has 0 amide bonds. The molecule has 3 rings (SSSR count). The van der Waals surface area contributed by atoms with Crippen LogP contribution in [-0.2, 0) is 13.1 Å². The number of aliphatic imine (C=N–C) groups is 1. The molecule has 0 radical (unpaired) electrons. The highest BCUT2D eigenvalue weighted by Crippen LogP contribution is 2.28. The van der Waals surface area contributed by atoms with E-state index in [0.717, 1.165) is 23.5 Å². The Kier molecular flexibility index (Phi) is 6.54. The minimum atomic E-state index is 0.336. The molecule has 27 heavy (non-hydrogen) atoms. The maximum atomic E-state index is 6.04. The van der Waals surface area contributed by atoms with Gasteiger partial charge in [0.15, 0.2) is 5.96 Å². The number of nitrogens with two attached hydrogens (primary N) is 1. The Hall–Kier alpha value is -2.73. The van der Waals surface area contributed by atoms with Crippen LogP contribution in [-0.4, -0.2) is 38.2 Å². The first-order valence-corrected chi connectivity index (χ1v) is 9.27. The van der Waals surface area contributed by atoms with Gasteiger partial charge in [0.05, 0.1) is 26.5 Å². The molecular weight excluding hydrogens is 340 g/mol. The van der Waals surface area contributed by atoms with Crippen LogP contribution >= 0.6 is 0 Å². The third-order valence-corrected chi connectivity index (χ3v) is 4.73. The van der Waals surface area contributed by atoms with Gasteiger partial charge in [0.25, 0.3) is 0 Å². The molecule has 1 fully saturated rings. The Morgan fingerprint density at radius 3 is 2.41 bits per heavy atom. The summed E-state index contributed by atoms with van der Waals surface area (Å²) in [5, 5.41) is 3.08. The van der Waals surface area contributed by atoms with E-state index in [-0.39, 0.29) is 0 Å². The van der Waals surface area contributed by atoms with Crippen molar-refractivity contribution in [3.8, 4) is 11.5 Å². The number of likely N-dealkylation sites (tertiary alicyclic amines) is 1. The molecule has 1 aliphatic rings. The van der Waals surface area contributed by atoms with Gasteiger partial charge in [-0.25, -0.2) is 4.99 Å². The van der Waals surface area contributed by atoms with Gasteiger partial charge < -0.3 is 20.5 Å². The fraction of sp³-hybridized carbons (Fsp3) is 0.381. The van der Waals surface area contributed by atoms with Crippen LogP contribution in [0.1, 0.15) is 24.0 Å². The SMILES string of the molecule is COc1ccc(OC)c(NC(N)=NCc2ccc(CN3CCCC3)cc2)c1. The van der Waals surface area contributed by atoms with Crippen LogP contribution in [0.5, 0.6) is 11.5 Å². The average Bonchev–Trinajstić information content (AvgIpc) is 3.20. The Morgan fingerprint density at radius 2 is 1.74 bits per heavy atom. The highest BCUT2D eigenvalue weighted by Gasteiger charge is 2.11. The molecule has 1 saturated heterocycles. The van der Waals surface area contributed by atoms with Crippen molar-refractivity contribution in [3.05, 3.63) is 53.6 Å². The molecule has 6 heteroatoms. The number of nitrogens with one attached hydrogen (secondary N) is 1. The number of rotatable bonds is 7. The summed E-state index contributed by atoms with van der Waals surface area (Å²) in [7, 11) is 3.24. The van der Waals surface area contributed by atoms with Gasteiger partial charge >= 0.3 is 0 Å². The summed E-state index contributed by atoms with van der Waals surface area (Å²) in [6, 6.07) is 14.1. The predicted octanol–water partition coefficient (Wildman–Crippen LogP) is 3.23. The van der Waals surface area contributed by atoms with Gasteiger partial charge in [-0.2, -0.15) is 0 Å². The van der Waals surface area contributed by atoms with E-state index in [1.807, 2.05) is 18.2 Å². The summed E-state index contributed by atoms with van der Waals surface area (Å²) in [6.07, 6.45) is 2.63. The maximum Gasteiger partial charge on any atom is 0.193 e. The summed E-state index contributed by atoms with van der Waals surface area (Å²) in [5.74, 6) is 1.74. The first-order valence-electron chi connectivity index (χ1n) is 9.27. The van der Waals surface area contributed by atoms with Gasteiger partial charge in [0.2, 0.25) is 0 Å². The first kappa shape index (κ1) is 19.0. The molecule has 0 unspecified atom stereocenters. The lowest BCUT2D eigenvalue weighted by molar-refractivity contribution is 0.331. The molecule has 2 aromatic carbocycles. The van der Waals surface area contributed by atoms with Crippen LogP contribution in [0.2, 0.25) is 0 Å². The second-order valence-electron chi connectivity index (χ2n) is 6.69. The molecule has 0 aliphatic carbocycles. The molecule has 2 aromatic rings. The standard InChI is InChI=1S/C21H28N4O2/c1-26-18-9-10-20(27-2)19(13-18)24-21(22)23-14-16-5-7-17(8-6-16)15-25-11-3-4-12-25/h5-10,13H,3-4,11-12,14-15H2,1-2H3,(H3,22,23,24). The number of anilines is 1. The van der Waals surface area contributed by atoms with Gasteiger partial charge in [0, 0.05) is 12.6 Å². The normalized spacial score (nSPS) is 15.0. The van der Waals surface area contributed by atoms with Crippen LogP contribution in [0, 0.1) is 0 Å². The second-order valence-corrected chi connectivity index (χ2v) is 6.69. The van der Waals surface area contributed by atoms with Crippen LogP contribution in [0.4, 0.5) is 5.69 Å². The third-order valence-electron chi connectivity index (χ3n) is 4.73. The minimum Gasteiger partial charge on any atom is -0.497 e. The monoisotopic (exact) mass is 368 g/mol. The van der Waals surface area contributed by atoms with Crippen LogP contribution in [0.3, 0.4) is 0 Å². The number of hydrogen-bond acceptors (Lipinski definition) is 4. The second kappa shape index (κ2) is 9.28. The zero-order valence-electron chi connectivity index (χ0n) is 16.1. The minimum absolute atomic E-state index is 0.336. The van der Waals surface area contributed by atoms with Gasteiger partial charge in [-0.15, -0.1) is 0 Å². The lowest BCUT2D eigenvalue weighted by atomic mass is 10.1. The highest BCUT2D eigenvalue weighted by molar-refractivity contribution is 5.94. The topological polar surface area (TPSA) is 72.1 Å². The van der Waals surface area contributed by atoms with Crippen molar-refractivity contribution in [1.29, 1.82) is 0 Å². The van der Waals surface area contributed by atoms with E-state index in [4.69, 9.17) is 15.2 Å². The predicted molar refractivity (Wildman–Crippen MR) is 109 cm³/mol. The Labute approximate surface area is 161 Å². The number of ether oxygens (including phenoxy) is 2. The van der Waals surface area contributed by atoms with E-state index in [0.29, 0.717) is 18.3 Å². The largest absolute Gasteiger partial charge is 0.497 e. The van der Waals surface area contributed by atoms with Crippen molar-refractivity contribution in [2.24, 2.45) is 10.7 Å². The summed E-state index contributed by atoms with van der Waals surface area (Å²) in [5.41, 5.74) is 9.24. The number of hydrogen-bond donors (Lipinski definition) is 2. The molecule has 0 saturated carbocycles. The van der Waals surface area contributed by atoms with Gasteiger partial charge in [-0.1, -0.05) is 24.3 Å². The fourth-order valence-corrected chi connectivity index (χ4v) is 3.21. The van der Waals surface area contributed by atoms with E-state index < -0.39 is 0 Å². The molecule has 1 aliphatic heterocycles. The Bertz CT molecular complexity index is 768. The van der Waals surface area contributed by atoms with Crippen molar-refractivity contribution in [2.45, 2.75) is 25.9 Å². The number of benzene rings is 2. The highest BCUT2D eigenvalue weighted by atomic mass is 16.5. The van der Waals surface area contributed by atoms with E-state index in [9.17, 15) is 0 Å². The molecule has 3 N–H and O–H groups in total. The zero-order chi connectivity index (χ0) is 19.1. The summed E-state index contributed by atoms with van der Waals surface area (Å²) < 4.78 is 10.6. The molecule has 0 bridgehead atoms. The van der Waals surface area contributed by atoms with E-state index in [1.54, 1.807) is 14.2 Å². The zero-order valence-corrected chi connectivity index (χ0v) is 16.1. The van der Waals surface area contributed by atoms with E-state index in [2.05, 4.69) is 39.5 Å². The summed E-state index contributed by atoms with van der Waals surface area (Å²) >= 11 is 0. The Morgan fingerprint density at radius 1 is 1.04 bits per heavy atom. The summed E-state index contributed by atoms with van der Waals surface area (Å²) in [6.45, 7) is 3.97. The molecule has 0 aromatic heterocycles. The van der Waals surface area contributed by atoms with E-state index >= 15 is 0 Å². The summed E-state index contributed by atoms with van der Waals surface area (Å²) in [4.78, 5) is 6.93. The van der Waals surface area contributed by atoms with Crippen LogP contribution < -0.4 is 20.5 Å². The van der Waals surface area contributed by atoms with Crippen molar-refractivity contribution in [2.75, 3.05) is 32.6 Å². The van der Waals surface area contributed by atoms with Crippen LogP contribution in [0.15, 0.2) is 47.5 Å². The molecule has 1 heterocycles. The number of methoxy groups -OCH3 is 2. The number of nitrogens with zero attached hydrogens (tertiary/aromatic N) is 2. The van der Waals surface area contributed by atoms with E-state index in [1.165, 1.54) is 31.5 Å². The number of guanidine groups is 1. The van der Waals surface area contributed by atoms with Crippen molar-refractivity contribution in [1.82, 2.24) is 4.90 Å². The molecule has 0 atom stereocenters. The molecule has 6 nitrogen and oxygen atoms in total. The van der Waals surface area contributed by atoms with Gasteiger partial charge in [0.1, 0.15) is 11.5 Å². The average molecular weight is 368 g/mol. The lowest BCUT2D eigenvalue weighted by Crippen LogP contribution is -2.23. The molecule has 144 valence electrons. The van der Waals surface area contributed by atoms with Crippen molar-refractivity contribution < 1.29 is 9.47 Å². The third kappa shape index (κ3) is 5.37. The first-order chi connectivity index (χ1) is 13.2. The van der Waals surface area contributed by atoms with Crippen molar-refractivity contribution >= 4 is 11.6 Å². The molecule has 0 spiro atoms. The smallest absolute Gasteiger partial charge is 0.193 e. The van der Waals surface area contributed by atoms with Gasteiger partial charge in [-0.05, 0) is 49.2 Å².